The monoisotopic (exact) mass is 169 g/mol. The van der Waals surface area contributed by atoms with E-state index in [1.165, 1.54) is 6.42 Å². The largest absolute Gasteiger partial charge is 0.310 e. The van der Waals surface area contributed by atoms with Crippen LogP contribution in [0.25, 0.3) is 0 Å². The van der Waals surface area contributed by atoms with Crippen LogP contribution in [-0.4, -0.2) is 27.2 Å². The third-order valence-electron chi connectivity index (χ3n) is 1.57. The van der Waals surface area contributed by atoms with Gasteiger partial charge < -0.3 is 5.32 Å². The summed E-state index contributed by atoms with van der Waals surface area (Å²) in [6.07, 6.45) is 1.18. The standard InChI is InChI=1S/C7H15N5/c1-6(2)3-4-8-5-7-9-11-12-10-7/h6,8H,3-5H2,1-2H3,(H,9,10,11,12). The number of aromatic amines is 1. The maximum Gasteiger partial charge on any atom is 0.188 e. The van der Waals surface area contributed by atoms with Crippen molar-refractivity contribution in [3.05, 3.63) is 5.82 Å². The van der Waals surface area contributed by atoms with Crippen LogP contribution < -0.4 is 5.32 Å². The Kier molecular flexibility index (Phi) is 3.66. The number of hydrogen-bond acceptors (Lipinski definition) is 4. The minimum Gasteiger partial charge on any atom is -0.310 e. The fourth-order valence-corrected chi connectivity index (χ4v) is 0.848. The molecule has 0 aliphatic rings. The van der Waals surface area contributed by atoms with Gasteiger partial charge in [0.25, 0.3) is 0 Å². The van der Waals surface area contributed by atoms with Gasteiger partial charge in [0.05, 0.1) is 6.54 Å². The van der Waals surface area contributed by atoms with Gasteiger partial charge in [-0.1, -0.05) is 19.1 Å². The first kappa shape index (κ1) is 9.12. The van der Waals surface area contributed by atoms with E-state index in [9.17, 15) is 0 Å². The first-order valence-electron chi connectivity index (χ1n) is 4.22. The van der Waals surface area contributed by atoms with Crippen LogP contribution in [0.2, 0.25) is 0 Å². The zero-order valence-electron chi connectivity index (χ0n) is 7.54. The Hall–Kier alpha value is -0.970. The molecule has 1 rings (SSSR count). The van der Waals surface area contributed by atoms with E-state index in [-0.39, 0.29) is 0 Å². The van der Waals surface area contributed by atoms with Crippen LogP contribution in [0.15, 0.2) is 0 Å². The number of nitrogens with zero attached hydrogens (tertiary/aromatic N) is 3. The first-order valence-corrected chi connectivity index (χ1v) is 4.22. The fraction of sp³-hybridized carbons (Fsp3) is 0.857. The van der Waals surface area contributed by atoms with E-state index >= 15 is 0 Å². The van der Waals surface area contributed by atoms with Gasteiger partial charge in [-0.15, -0.1) is 10.2 Å². The Balaban J connectivity index is 2.04. The number of H-pyrrole nitrogens is 1. The molecule has 0 amide bonds. The molecule has 0 saturated carbocycles. The van der Waals surface area contributed by atoms with Crippen LogP contribution in [-0.2, 0) is 6.54 Å². The molecule has 0 aliphatic carbocycles. The second-order valence-electron chi connectivity index (χ2n) is 3.19. The molecule has 1 aromatic heterocycles. The zero-order chi connectivity index (χ0) is 8.81. The lowest BCUT2D eigenvalue weighted by atomic mass is 10.1. The van der Waals surface area contributed by atoms with Crippen molar-refractivity contribution in [2.45, 2.75) is 26.8 Å². The Bertz CT molecular complexity index is 194. The first-order chi connectivity index (χ1) is 5.79. The molecular weight excluding hydrogens is 154 g/mol. The summed E-state index contributed by atoms with van der Waals surface area (Å²) in [5, 5.41) is 16.7. The minimum absolute atomic E-state index is 0.698. The molecule has 12 heavy (non-hydrogen) atoms. The molecule has 5 nitrogen and oxygen atoms in total. The second kappa shape index (κ2) is 4.82. The van der Waals surface area contributed by atoms with Gasteiger partial charge in [-0.3, -0.25) is 0 Å². The molecule has 1 heterocycles. The quantitative estimate of drug-likeness (QED) is 0.623. The van der Waals surface area contributed by atoms with E-state index in [2.05, 4.69) is 39.8 Å². The van der Waals surface area contributed by atoms with Gasteiger partial charge in [0, 0.05) is 0 Å². The molecule has 0 unspecified atom stereocenters. The van der Waals surface area contributed by atoms with Crippen molar-refractivity contribution >= 4 is 0 Å². The molecule has 0 atom stereocenters. The summed E-state index contributed by atoms with van der Waals surface area (Å²) in [6.45, 7) is 6.11. The maximum atomic E-state index is 3.82. The van der Waals surface area contributed by atoms with E-state index in [0.29, 0.717) is 6.54 Å². The van der Waals surface area contributed by atoms with Gasteiger partial charge in [0.15, 0.2) is 5.82 Å². The molecule has 68 valence electrons. The highest BCUT2D eigenvalue weighted by Gasteiger charge is 1.97. The summed E-state index contributed by atoms with van der Waals surface area (Å²) < 4.78 is 0. The maximum absolute atomic E-state index is 3.82. The normalized spacial score (nSPS) is 10.9. The lowest BCUT2D eigenvalue weighted by molar-refractivity contribution is 0.532. The van der Waals surface area contributed by atoms with Crippen molar-refractivity contribution in [1.29, 1.82) is 0 Å². The van der Waals surface area contributed by atoms with E-state index in [0.717, 1.165) is 18.3 Å². The number of aromatic nitrogens is 4. The second-order valence-corrected chi connectivity index (χ2v) is 3.19. The van der Waals surface area contributed by atoms with Crippen LogP contribution in [0, 0.1) is 5.92 Å². The lowest BCUT2D eigenvalue weighted by Crippen LogP contribution is -2.17. The fourth-order valence-electron chi connectivity index (χ4n) is 0.848. The van der Waals surface area contributed by atoms with Crippen molar-refractivity contribution in [3.8, 4) is 0 Å². The van der Waals surface area contributed by atoms with Crippen molar-refractivity contribution in [1.82, 2.24) is 25.9 Å². The summed E-state index contributed by atoms with van der Waals surface area (Å²) >= 11 is 0. The highest BCUT2D eigenvalue weighted by molar-refractivity contribution is 4.73. The van der Waals surface area contributed by atoms with Gasteiger partial charge >= 0.3 is 0 Å². The molecule has 2 N–H and O–H groups in total. The third kappa shape index (κ3) is 3.43. The molecule has 0 bridgehead atoms. The average molecular weight is 169 g/mol. The zero-order valence-corrected chi connectivity index (χ0v) is 7.54. The molecule has 0 aromatic carbocycles. The van der Waals surface area contributed by atoms with Crippen LogP contribution >= 0.6 is 0 Å². The summed E-state index contributed by atoms with van der Waals surface area (Å²) in [5.41, 5.74) is 0. The van der Waals surface area contributed by atoms with Crippen LogP contribution in [0.3, 0.4) is 0 Å². The Morgan fingerprint density at radius 2 is 2.33 bits per heavy atom. The number of tetrazole rings is 1. The van der Waals surface area contributed by atoms with Crippen LogP contribution in [0.4, 0.5) is 0 Å². The summed E-state index contributed by atoms with van der Waals surface area (Å²) in [7, 11) is 0. The lowest BCUT2D eigenvalue weighted by Gasteiger charge is -2.03. The van der Waals surface area contributed by atoms with Crippen LogP contribution in [0.5, 0.6) is 0 Å². The van der Waals surface area contributed by atoms with Crippen molar-refractivity contribution in [2.24, 2.45) is 5.92 Å². The molecule has 5 heteroatoms. The molecule has 0 spiro atoms. The molecule has 0 saturated heterocycles. The average Bonchev–Trinajstić information content (AvgIpc) is 2.49. The topological polar surface area (TPSA) is 66.5 Å². The molecular formula is C7H15N5. The van der Waals surface area contributed by atoms with E-state index < -0.39 is 0 Å². The van der Waals surface area contributed by atoms with Gasteiger partial charge in [-0.25, -0.2) is 0 Å². The van der Waals surface area contributed by atoms with Gasteiger partial charge in [0.1, 0.15) is 0 Å². The Labute approximate surface area is 71.9 Å². The predicted octanol–water partition coefficient (Wildman–Crippen LogP) is 0.335. The highest BCUT2D eigenvalue weighted by atomic mass is 15.5. The molecule has 0 fully saturated rings. The van der Waals surface area contributed by atoms with Gasteiger partial charge in [-0.05, 0) is 18.9 Å². The number of nitrogens with one attached hydrogen (secondary N) is 2. The Morgan fingerprint density at radius 3 is 2.92 bits per heavy atom. The number of hydrogen-bond donors (Lipinski definition) is 2. The van der Waals surface area contributed by atoms with E-state index in [1.807, 2.05) is 0 Å². The van der Waals surface area contributed by atoms with Crippen LogP contribution in [0.1, 0.15) is 26.1 Å². The predicted molar refractivity (Wildman–Crippen MR) is 45.3 cm³/mol. The molecule has 0 aliphatic heterocycles. The smallest absolute Gasteiger partial charge is 0.188 e. The Morgan fingerprint density at radius 1 is 1.50 bits per heavy atom. The van der Waals surface area contributed by atoms with Gasteiger partial charge in [0.2, 0.25) is 0 Å². The van der Waals surface area contributed by atoms with Crippen molar-refractivity contribution in [2.75, 3.05) is 6.54 Å². The minimum atomic E-state index is 0.698. The number of rotatable bonds is 5. The van der Waals surface area contributed by atoms with E-state index in [1.54, 1.807) is 0 Å². The van der Waals surface area contributed by atoms with E-state index in [4.69, 9.17) is 0 Å². The third-order valence-corrected chi connectivity index (χ3v) is 1.57. The van der Waals surface area contributed by atoms with Gasteiger partial charge in [-0.2, -0.15) is 5.21 Å². The molecule has 0 radical (unpaired) electrons. The summed E-state index contributed by atoms with van der Waals surface area (Å²) in [5.74, 6) is 1.46. The highest BCUT2D eigenvalue weighted by Crippen LogP contribution is 1.96. The molecule has 1 aromatic rings. The van der Waals surface area contributed by atoms with Crippen molar-refractivity contribution in [3.63, 3.8) is 0 Å². The SMILES string of the molecule is CC(C)CCNCc1nn[nH]n1. The summed E-state index contributed by atoms with van der Waals surface area (Å²) in [4.78, 5) is 0. The summed E-state index contributed by atoms with van der Waals surface area (Å²) in [6, 6.07) is 0. The van der Waals surface area contributed by atoms with Crippen molar-refractivity contribution < 1.29 is 0 Å².